The molecule has 0 atom stereocenters. The second-order valence-electron chi connectivity index (χ2n) is 7.13. The van der Waals surface area contributed by atoms with Gasteiger partial charge >= 0.3 is 0 Å². The van der Waals surface area contributed by atoms with Gasteiger partial charge in [-0.1, -0.05) is 37.1 Å². The molecular weight excluding hydrogens is 495 g/mol. The number of pyridine rings is 1. The van der Waals surface area contributed by atoms with Gasteiger partial charge in [0.15, 0.2) is 17.4 Å². The van der Waals surface area contributed by atoms with Crippen molar-refractivity contribution in [3.05, 3.63) is 60.6 Å². The van der Waals surface area contributed by atoms with Crippen molar-refractivity contribution in [2.24, 2.45) is 4.99 Å². The van der Waals surface area contributed by atoms with Gasteiger partial charge in [-0.3, -0.25) is 9.39 Å². The first-order chi connectivity index (χ1) is 13.8. The molecule has 0 radical (unpaired) electrons. The maximum atomic E-state index is 4.39. The maximum absolute atomic E-state index is 4.39. The van der Waals surface area contributed by atoms with E-state index in [1.807, 2.05) is 47.6 Å². The highest BCUT2D eigenvalue weighted by molar-refractivity contribution is 14.0. The molecule has 154 valence electrons. The van der Waals surface area contributed by atoms with Crippen LogP contribution < -0.4 is 10.6 Å². The first-order valence-corrected chi connectivity index (χ1v) is 10.6. The summed E-state index contributed by atoms with van der Waals surface area (Å²) in [5, 5.41) is 15.4. The molecule has 1 aromatic carbocycles. The largest absolute Gasteiger partial charge is 0.355 e. The molecule has 2 aromatic heterocycles. The highest BCUT2D eigenvalue weighted by Gasteiger charge is 2.35. The van der Waals surface area contributed by atoms with Crippen molar-refractivity contribution < 1.29 is 0 Å². The number of thioether (sulfide) groups is 1. The van der Waals surface area contributed by atoms with Crippen molar-refractivity contribution >= 4 is 47.3 Å². The summed E-state index contributed by atoms with van der Waals surface area (Å²) in [5.74, 6) is 1.67. The Kier molecular flexibility index (Phi) is 7.77. The lowest BCUT2D eigenvalue weighted by atomic mass is 10.1. The number of halogens is 1. The number of fused-ring (bicyclic) bond motifs is 1. The number of nitrogens with zero attached hydrogens (tertiary/aromatic N) is 4. The summed E-state index contributed by atoms with van der Waals surface area (Å²) in [6.45, 7) is 1.47. The Morgan fingerprint density at radius 3 is 2.59 bits per heavy atom. The highest BCUT2D eigenvalue weighted by Crippen LogP contribution is 2.44. The van der Waals surface area contributed by atoms with Gasteiger partial charge in [-0.2, -0.15) is 0 Å². The number of hydrogen-bond acceptors (Lipinski definition) is 4. The van der Waals surface area contributed by atoms with E-state index in [-0.39, 0.29) is 28.7 Å². The van der Waals surface area contributed by atoms with Gasteiger partial charge in [-0.25, -0.2) is 0 Å². The van der Waals surface area contributed by atoms with Crippen molar-refractivity contribution in [3.63, 3.8) is 0 Å². The average molecular weight is 522 g/mol. The molecule has 2 heterocycles. The molecule has 6 nitrogen and oxygen atoms in total. The molecule has 0 unspecified atom stereocenters. The molecule has 1 saturated carbocycles. The van der Waals surface area contributed by atoms with Crippen LogP contribution in [0.2, 0.25) is 0 Å². The molecule has 0 bridgehead atoms. The predicted octanol–water partition coefficient (Wildman–Crippen LogP) is 4.12. The zero-order valence-corrected chi connectivity index (χ0v) is 19.7. The molecule has 0 amide bonds. The Morgan fingerprint density at radius 2 is 1.83 bits per heavy atom. The lowest BCUT2D eigenvalue weighted by Crippen LogP contribution is -2.44. The lowest BCUT2D eigenvalue weighted by molar-refractivity contribution is 0.581. The Morgan fingerprint density at radius 1 is 1.07 bits per heavy atom. The molecule has 29 heavy (non-hydrogen) atoms. The van der Waals surface area contributed by atoms with Crippen LogP contribution in [0.15, 0.2) is 64.6 Å². The molecule has 2 N–H and O–H groups in total. The number of benzene rings is 1. The lowest BCUT2D eigenvalue weighted by Gasteiger charge is -2.29. The summed E-state index contributed by atoms with van der Waals surface area (Å²) in [5.41, 5.74) is 0.853. The van der Waals surface area contributed by atoms with E-state index in [0.717, 1.165) is 24.0 Å². The Labute approximate surface area is 193 Å². The van der Waals surface area contributed by atoms with E-state index in [0.29, 0.717) is 6.54 Å². The number of aliphatic imine (C=N–C) groups is 1. The number of hydrogen-bond donors (Lipinski definition) is 2. The number of guanidine groups is 1. The number of aromatic nitrogens is 3. The van der Waals surface area contributed by atoms with Gasteiger partial charge in [0.05, 0.1) is 6.54 Å². The molecule has 0 saturated heterocycles. The SMILES string of the molecule is CN=C(NCc1nnc2ccccn12)NCC1(Sc2ccccc2)CCCC1.I. The normalized spacial score (nSPS) is 15.8. The molecule has 4 rings (SSSR count). The zero-order valence-electron chi connectivity index (χ0n) is 16.5. The highest BCUT2D eigenvalue weighted by atomic mass is 127. The van der Waals surface area contributed by atoms with E-state index in [9.17, 15) is 0 Å². The van der Waals surface area contributed by atoms with E-state index in [4.69, 9.17) is 0 Å². The number of rotatable bonds is 6. The summed E-state index contributed by atoms with van der Waals surface area (Å²) in [7, 11) is 1.81. The van der Waals surface area contributed by atoms with E-state index < -0.39 is 0 Å². The summed E-state index contributed by atoms with van der Waals surface area (Å²) in [6, 6.07) is 16.6. The Bertz CT molecular complexity index is 937. The molecular formula is C21H27IN6S. The fourth-order valence-electron chi connectivity index (χ4n) is 3.71. The van der Waals surface area contributed by atoms with Gasteiger partial charge < -0.3 is 10.6 Å². The van der Waals surface area contributed by atoms with E-state index >= 15 is 0 Å². The van der Waals surface area contributed by atoms with Crippen LogP contribution in [0.5, 0.6) is 0 Å². The van der Waals surface area contributed by atoms with Crippen molar-refractivity contribution in [2.45, 2.75) is 41.9 Å². The van der Waals surface area contributed by atoms with Gasteiger partial charge in [0.2, 0.25) is 0 Å². The molecule has 0 spiro atoms. The van der Waals surface area contributed by atoms with Crippen LogP contribution in [0.4, 0.5) is 0 Å². The van der Waals surface area contributed by atoms with Crippen LogP contribution in [-0.2, 0) is 6.54 Å². The van der Waals surface area contributed by atoms with Gasteiger partial charge in [-0.15, -0.1) is 45.9 Å². The molecule has 1 aliphatic rings. The second kappa shape index (κ2) is 10.3. The third kappa shape index (κ3) is 5.42. The van der Waals surface area contributed by atoms with Crippen molar-refractivity contribution in [2.75, 3.05) is 13.6 Å². The van der Waals surface area contributed by atoms with Crippen LogP contribution in [0, 0.1) is 0 Å². The summed E-state index contributed by atoms with van der Waals surface area (Å²) in [6.07, 6.45) is 7.02. The quantitative estimate of drug-likeness (QED) is 0.290. The Hall–Kier alpha value is -1.81. The minimum atomic E-state index is 0. The third-order valence-electron chi connectivity index (χ3n) is 5.19. The summed E-state index contributed by atoms with van der Waals surface area (Å²) < 4.78 is 2.21. The first-order valence-electron chi connectivity index (χ1n) is 9.75. The van der Waals surface area contributed by atoms with Crippen LogP contribution in [0.1, 0.15) is 31.5 Å². The molecule has 0 aliphatic heterocycles. The first kappa shape index (κ1) is 21.9. The predicted molar refractivity (Wildman–Crippen MR) is 130 cm³/mol. The minimum absolute atomic E-state index is 0. The van der Waals surface area contributed by atoms with Crippen molar-refractivity contribution in [1.82, 2.24) is 25.2 Å². The maximum Gasteiger partial charge on any atom is 0.191 e. The topological polar surface area (TPSA) is 66.6 Å². The standard InChI is InChI=1S/C21H26N6S.HI/c1-22-20(23-15-19-26-25-18-11-5-8-14-27(18)19)24-16-21(12-6-7-13-21)28-17-9-3-2-4-10-17;/h2-5,8-11,14H,6-7,12-13,15-16H2,1H3,(H2,22,23,24);1H. The van der Waals surface area contributed by atoms with E-state index in [2.05, 4.69) is 56.2 Å². The molecule has 8 heteroatoms. The van der Waals surface area contributed by atoms with Gasteiger partial charge in [-0.05, 0) is 37.1 Å². The van der Waals surface area contributed by atoms with E-state index in [1.54, 1.807) is 0 Å². The van der Waals surface area contributed by atoms with Crippen LogP contribution in [-0.4, -0.2) is 38.9 Å². The van der Waals surface area contributed by atoms with Gasteiger partial charge in [0.1, 0.15) is 0 Å². The van der Waals surface area contributed by atoms with Gasteiger partial charge in [0.25, 0.3) is 0 Å². The average Bonchev–Trinajstić information content (AvgIpc) is 3.36. The molecule has 1 aliphatic carbocycles. The fraction of sp³-hybridized carbons (Fsp3) is 0.381. The van der Waals surface area contributed by atoms with Crippen molar-refractivity contribution in [1.29, 1.82) is 0 Å². The summed E-state index contributed by atoms with van der Waals surface area (Å²) in [4.78, 5) is 5.73. The Balaban J connectivity index is 0.00000240. The van der Waals surface area contributed by atoms with E-state index in [1.165, 1.54) is 30.6 Å². The molecule has 3 aromatic rings. The van der Waals surface area contributed by atoms with Crippen LogP contribution in [0.3, 0.4) is 0 Å². The van der Waals surface area contributed by atoms with Crippen molar-refractivity contribution in [3.8, 4) is 0 Å². The zero-order chi connectivity index (χ0) is 19.2. The monoisotopic (exact) mass is 522 g/mol. The third-order valence-corrected chi connectivity index (χ3v) is 6.69. The smallest absolute Gasteiger partial charge is 0.191 e. The van der Waals surface area contributed by atoms with Crippen LogP contribution >= 0.6 is 35.7 Å². The minimum Gasteiger partial charge on any atom is -0.355 e. The second-order valence-corrected chi connectivity index (χ2v) is 8.67. The number of nitrogens with one attached hydrogen (secondary N) is 2. The fourth-order valence-corrected chi connectivity index (χ4v) is 5.14. The summed E-state index contributed by atoms with van der Waals surface area (Å²) >= 11 is 2.00. The van der Waals surface area contributed by atoms with Crippen LogP contribution in [0.25, 0.3) is 5.65 Å². The van der Waals surface area contributed by atoms with Gasteiger partial charge in [0, 0.05) is 29.4 Å². The molecule has 1 fully saturated rings.